The van der Waals surface area contributed by atoms with Gasteiger partial charge in [0.1, 0.15) is 11.9 Å². The first-order valence-electron chi connectivity index (χ1n) is 6.28. The van der Waals surface area contributed by atoms with E-state index in [1.807, 2.05) is 24.3 Å². The summed E-state index contributed by atoms with van der Waals surface area (Å²) >= 11 is 0. The molecule has 0 N–H and O–H groups in total. The van der Waals surface area contributed by atoms with E-state index in [0.29, 0.717) is 5.75 Å². The highest BCUT2D eigenvalue weighted by Crippen LogP contribution is 2.28. The minimum atomic E-state index is -1.09. The number of carbonyl (C=O) groups is 1. The highest BCUT2D eigenvalue weighted by atomic mass is 32.2. The largest absolute Gasteiger partial charge is 0.489 e. The maximum Gasteiger partial charge on any atom is 0.306 e. The van der Waals surface area contributed by atoms with Gasteiger partial charge in [-0.3, -0.25) is 9.00 Å². The molecule has 4 nitrogen and oxygen atoms in total. The first-order valence-corrected chi connectivity index (χ1v) is 7.67. The van der Waals surface area contributed by atoms with Crippen LogP contribution in [0.4, 0.5) is 0 Å². The van der Waals surface area contributed by atoms with Gasteiger partial charge >= 0.3 is 5.97 Å². The van der Waals surface area contributed by atoms with E-state index in [1.165, 1.54) is 7.11 Å². The number of fused-ring (bicyclic) bond motifs is 1. The van der Waals surface area contributed by atoms with Gasteiger partial charge in [-0.25, -0.2) is 0 Å². The van der Waals surface area contributed by atoms with Crippen molar-refractivity contribution in [3.8, 4) is 5.75 Å². The maximum absolute atomic E-state index is 12.1. The summed E-state index contributed by atoms with van der Waals surface area (Å²) in [5.41, 5.74) is 1.16. The Balaban J connectivity index is 1.86. The number of methoxy groups -OCH3 is 1. The molecular formula is C14H18O4S. The van der Waals surface area contributed by atoms with Crippen molar-refractivity contribution in [1.82, 2.24) is 0 Å². The van der Waals surface area contributed by atoms with Crippen LogP contribution in [-0.2, 0) is 26.8 Å². The van der Waals surface area contributed by atoms with E-state index in [-0.39, 0.29) is 23.7 Å². The van der Waals surface area contributed by atoms with Gasteiger partial charge in [0.25, 0.3) is 0 Å². The van der Waals surface area contributed by atoms with Crippen molar-refractivity contribution >= 4 is 16.8 Å². The number of para-hydroxylation sites is 1. The second kappa shape index (κ2) is 6.19. The Labute approximate surface area is 115 Å². The fraction of sp³-hybridized carbons (Fsp3) is 0.500. The molecule has 1 aliphatic heterocycles. The third kappa shape index (κ3) is 3.56. The predicted molar refractivity (Wildman–Crippen MR) is 73.7 cm³/mol. The molecule has 3 unspecified atom stereocenters. The minimum absolute atomic E-state index is 0.0571. The molecule has 0 saturated carbocycles. The van der Waals surface area contributed by atoms with Crippen LogP contribution in [0.5, 0.6) is 5.75 Å². The van der Waals surface area contributed by atoms with Gasteiger partial charge in [-0.05, 0) is 11.6 Å². The van der Waals surface area contributed by atoms with E-state index in [0.717, 1.165) is 17.7 Å². The van der Waals surface area contributed by atoms with Crippen LogP contribution in [0.1, 0.15) is 18.9 Å². The lowest BCUT2D eigenvalue weighted by Gasteiger charge is -2.14. The Hall–Kier alpha value is -1.36. The average molecular weight is 282 g/mol. The van der Waals surface area contributed by atoms with Crippen molar-refractivity contribution in [3.05, 3.63) is 29.8 Å². The van der Waals surface area contributed by atoms with Crippen LogP contribution in [0.3, 0.4) is 0 Å². The molecule has 5 heteroatoms. The highest BCUT2D eigenvalue weighted by Gasteiger charge is 2.26. The topological polar surface area (TPSA) is 52.6 Å². The average Bonchev–Trinajstić information content (AvgIpc) is 2.80. The number of hydrogen-bond acceptors (Lipinski definition) is 4. The molecule has 1 heterocycles. The van der Waals surface area contributed by atoms with Gasteiger partial charge in [0.05, 0.1) is 19.3 Å². The predicted octanol–water partition coefficient (Wildman–Crippen LogP) is 1.69. The van der Waals surface area contributed by atoms with Gasteiger partial charge in [-0.15, -0.1) is 0 Å². The summed E-state index contributed by atoms with van der Waals surface area (Å²) in [6.45, 7) is 1.80. The second-order valence-corrected chi connectivity index (χ2v) is 6.59. The van der Waals surface area contributed by atoms with E-state index in [9.17, 15) is 9.00 Å². The third-order valence-corrected chi connectivity index (χ3v) is 4.96. The summed E-state index contributed by atoms with van der Waals surface area (Å²) in [6.07, 6.45) is 0.911. The zero-order chi connectivity index (χ0) is 13.8. The normalized spacial score (nSPS) is 20.2. The molecule has 104 valence electrons. The Morgan fingerprint density at radius 3 is 2.95 bits per heavy atom. The van der Waals surface area contributed by atoms with E-state index in [2.05, 4.69) is 4.74 Å². The summed E-state index contributed by atoms with van der Waals surface area (Å²) < 4.78 is 22.5. The molecular weight excluding hydrogens is 264 g/mol. The molecule has 1 aromatic carbocycles. The molecule has 19 heavy (non-hydrogen) atoms. The van der Waals surface area contributed by atoms with Crippen molar-refractivity contribution < 1.29 is 18.5 Å². The van der Waals surface area contributed by atoms with E-state index < -0.39 is 10.8 Å². The molecule has 0 radical (unpaired) electrons. The molecule has 2 rings (SSSR count). The van der Waals surface area contributed by atoms with Gasteiger partial charge in [0.2, 0.25) is 0 Å². The summed E-state index contributed by atoms with van der Waals surface area (Å²) in [7, 11) is 0.251. The lowest BCUT2D eigenvalue weighted by molar-refractivity contribution is -0.140. The number of ether oxygens (including phenoxy) is 2. The standard InChI is InChI=1S/C14H18O4S/c1-10(7-14(15)17-2)19(16)9-12-8-11-5-3-4-6-13(11)18-12/h3-6,10,12H,7-9H2,1-2H3. The third-order valence-electron chi connectivity index (χ3n) is 3.19. The zero-order valence-electron chi connectivity index (χ0n) is 11.1. The monoisotopic (exact) mass is 282 g/mol. The van der Waals surface area contributed by atoms with Crippen LogP contribution in [0.2, 0.25) is 0 Å². The van der Waals surface area contributed by atoms with Gasteiger partial charge in [-0.2, -0.15) is 0 Å². The quantitative estimate of drug-likeness (QED) is 0.771. The van der Waals surface area contributed by atoms with E-state index in [4.69, 9.17) is 4.74 Å². The molecule has 0 amide bonds. The lowest BCUT2D eigenvalue weighted by atomic mass is 10.1. The number of rotatable bonds is 5. The van der Waals surface area contributed by atoms with Gasteiger partial charge < -0.3 is 9.47 Å². The summed E-state index contributed by atoms with van der Waals surface area (Å²) in [5.74, 6) is 1.01. The van der Waals surface area contributed by atoms with Gasteiger partial charge in [0.15, 0.2) is 0 Å². The van der Waals surface area contributed by atoms with Gasteiger partial charge in [-0.1, -0.05) is 25.1 Å². The smallest absolute Gasteiger partial charge is 0.306 e. The van der Waals surface area contributed by atoms with E-state index >= 15 is 0 Å². The molecule has 0 aromatic heterocycles. The summed E-state index contributed by atoms with van der Waals surface area (Å²) in [5, 5.41) is -0.209. The first-order chi connectivity index (χ1) is 9.10. The zero-order valence-corrected chi connectivity index (χ0v) is 11.9. The summed E-state index contributed by atoms with van der Waals surface area (Å²) in [6, 6.07) is 7.85. The molecule has 1 aliphatic rings. The molecule has 3 atom stereocenters. The second-order valence-electron chi connectivity index (χ2n) is 4.69. The van der Waals surface area contributed by atoms with Crippen LogP contribution in [0.15, 0.2) is 24.3 Å². The molecule has 0 bridgehead atoms. The van der Waals surface area contributed by atoms with Crippen molar-refractivity contribution in [3.63, 3.8) is 0 Å². The van der Waals surface area contributed by atoms with Gasteiger partial charge in [0, 0.05) is 22.5 Å². The van der Waals surface area contributed by atoms with Crippen molar-refractivity contribution in [2.75, 3.05) is 12.9 Å². The number of carbonyl (C=O) groups excluding carboxylic acids is 1. The SMILES string of the molecule is COC(=O)CC(C)S(=O)CC1Cc2ccccc2O1. The molecule has 1 aromatic rings. The van der Waals surface area contributed by atoms with Crippen LogP contribution in [-0.4, -0.2) is 34.4 Å². The van der Waals surface area contributed by atoms with Crippen LogP contribution in [0, 0.1) is 0 Å². The maximum atomic E-state index is 12.1. The lowest BCUT2D eigenvalue weighted by Crippen LogP contribution is -2.28. The Morgan fingerprint density at radius 1 is 1.53 bits per heavy atom. The van der Waals surface area contributed by atoms with Crippen LogP contribution in [0.25, 0.3) is 0 Å². The molecule has 0 aliphatic carbocycles. The Kier molecular flexibility index (Phi) is 4.58. The fourth-order valence-electron chi connectivity index (χ4n) is 2.11. The Bertz CT molecular complexity index is 461. The molecule has 0 spiro atoms. The fourth-order valence-corrected chi connectivity index (χ4v) is 3.31. The van der Waals surface area contributed by atoms with Crippen molar-refractivity contribution in [2.45, 2.75) is 31.1 Å². The highest BCUT2D eigenvalue weighted by molar-refractivity contribution is 7.85. The number of esters is 1. The summed E-state index contributed by atoms with van der Waals surface area (Å²) in [4.78, 5) is 11.2. The number of benzene rings is 1. The minimum Gasteiger partial charge on any atom is -0.489 e. The Morgan fingerprint density at radius 2 is 2.26 bits per heavy atom. The van der Waals surface area contributed by atoms with E-state index in [1.54, 1.807) is 6.92 Å². The van der Waals surface area contributed by atoms with Crippen LogP contribution >= 0.6 is 0 Å². The molecule has 0 saturated heterocycles. The molecule has 0 fully saturated rings. The first kappa shape index (κ1) is 14.1. The van der Waals surface area contributed by atoms with Crippen molar-refractivity contribution in [1.29, 1.82) is 0 Å². The van der Waals surface area contributed by atoms with Crippen molar-refractivity contribution in [2.24, 2.45) is 0 Å². The van der Waals surface area contributed by atoms with Crippen LogP contribution < -0.4 is 4.74 Å². The number of hydrogen-bond donors (Lipinski definition) is 0.